The highest BCUT2D eigenvalue weighted by Crippen LogP contribution is 2.38. The maximum absolute atomic E-state index is 3.38. The first-order valence-corrected chi connectivity index (χ1v) is 4.39. The van der Waals surface area contributed by atoms with Crippen molar-refractivity contribution >= 4 is 0 Å². The minimum Gasteiger partial charge on any atom is -0.315 e. The van der Waals surface area contributed by atoms with Gasteiger partial charge in [-0.25, -0.2) is 0 Å². The van der Waals surface area contributed by atoms with Gasteiger partial charge >= 0.3 is 0 Å². The lowest BCUT2D eigenvalue weighted by molar-refractivity contribution is 0.387. The minimum absolute atomic E-state index is 0.662. The van der Waals surface area contributed by atoms with Gasteiger partial charge in [0.1, 0.15) is 0 Å². The Morgan fingerprint density at radius 3 is 1.82 bits per heavy atom. The summed E-state index contributed by atoms with van der Waals surface area (Å²) in [5.74, 6) is 1.56. The maximum Gasteiger partial charge on any atom is 0.0286 e. The molecule has 2 aliphatic rings. The Bertz CT molecular complexity index is 158. The SMILES string of the molecule is CN[C@H]1C2C=CC(C2)[C@@H]1NC. The van der Waals surface area contributed by atoms with Crippen LogP contribution in [0.25, 0.3) is 0 Å². The first-order valence-electron chi connectivity index (χ1n) is 4.39. The largest absolute Gasteiger partial charge is 0.315 e. The molecular formula is C9H16N2. The third-order valence-electron chi connectivity index (χ3n) is 3.13. The van der Waals surface area contributed by atoms with Crippen molar-refractivity contribution in [3.05, 3.63) is 12.2 Å². The summed E-state index contributed by atoms with van der Waals surface area (Å²) in [4.78, 5) is 0. The number of fused-ring (bicyclic) bond motifs is 2. The monoisotopic (exact) mass is 152 g/mol. The summed E-state index contributed by atoms with van der Waals surface area (Å²) in [5, 5.41) is 6.77. The van der Waals surface area contributed by atoms with E-state index in [1.165, 1.54) is 6.42 Å². The van der Waals surface area contributed by atoms with Crippen molar-refractivity contribution in [2.45, 2.75) is 18.5 Å². The summed E-state index contributed by atoms with van der Waals surface area (Å²) in [6.45, 7) is 0. The second kappa shape index (κ2) is 2.61. The van der Waals surface area contributed by atoms with Gasteiger partial charge in [0, 0.05) is 12.1 Å². The minimum atomic E-state index is 0.662. The molecule has 2 bridgehead atoms. The average Bonchev–Trinajstić information content (AvgIpc) is 2.60. The third-order valence-corrected chi connectivity index (χ3v) is 3.13. The molecule has 2 heteroatoms. The second-order valence-electron chi connectivity index (χ2n) is 3.58. The molecule has 2 unspecified atom stereocenters. The average molecular weight is 152 g/mol. The molecule has 0 aromatic rings. The first-order chi connectivity index (χ1) is 5.36. The van der Waals surface area contributed by atoms with Crippen LogP contribution >= 0.6 is 0 Å². The molecule has 1 fully saturated rings. The molecule has 0 aromatic heterocycles. The fourth-order valence-electron chi connectivity index (χ4n) is 2.61. The fourth-order valence-corrected chi connectivity index (χ4v) is 2.61. The van der Waals surface area contributed by atoms with E-state index in [4.69, 9.17) is 0 Å². The second-order valence-corrected chi connectivity index (χ2v) is 3.58. The molecule has 0 spiro atoms. The summed E-state index contributed by atoms with van der Waals surface area (Å²) in [6.07, 6.45) is 6.07. The summed E-state index contributed by atoms with van der Waals surface area (Å²) in [5.41, 5.74) is 0. The van der Waals surface area contributed by atoms with Crippen LogP contribution in [0.3, 0.4) is 0 Å². The number of likely N-dealkylation sites (N-methyl/N-ethyl adjacent to an activating group) is 2. The van der Waals surface area contributed by atoms with E-state index in [1.54, 1.807) is 0 Å². The normalized spacial score (nSPS) is 47.1. The van der Waals surface area contributed by atoms with Crippen LogP contribution in [-0.2, 0) is 0 Å². The molecule has 0 saturated heterocycles. The van der Waals surface area contributed by atoms with E-state index in [0.29, 0.717) is 12.1 Å². The highest BCUT2D eigenvalue weighted by atomic mass is 15.0. The summed E-state index contributed by atoms with van der Waals surface area (Å²) in [7, 11) is 4.12. The van der Waals surface area contributed by atoms with Gasteiger partial charge in [-0.1, -0.05) is 12.2 Å². The lowest BCUT2D eigenvalue weighted by Crippen LogP contribution is -2.47. The van der Waals surface area contributed by atoms with E-state index < -0.39 is 0 Å². The van der Waals surface area contributed by atoms with Crippen LogP contribution in [0.1, 0.15) is 6.42 Å². The first kappa shape index (κ1) is 7.32. The zero-order valence-electron chi connectivity index (χ0n) is 7.17. The molecule has 4 atom stereocenters. The molecule has 0 amide bonds. The number of nitrogens with one attached hydrogen (secondary N) is 2. The van der Waals surface area contributed by atoms with Gasteiger partial charge in [0.05, 0.1) is 0 Å². The Morgan fingerprint density at radius 1 is 1.00 bits per heavy atom. The van der Waals surface area contributed by atoms with Crippen LogP contribution in [0.2, 0.25) is 0 Å². The van der Waals surface area contributed by atoms with Crippen LogP contribution in [0.5, 0.6) is 0 Å². The molecule has 2 N–H and O–H groups in total. The van der Waals surface area contributed by atoms with Gasteiger partial charge < -0.3 is 10.6 Å². The standard InChI is InChI=1S/C9H16N2/c1-10-8-6-3-4-7(5-6)9(8)11-2/h3-4,6-11H,5H2,1-2H3/t6?,7?,8-,9-/m0/s1. The molecule has 2 nitrogen and oxygen atoms in total. The van der Waals surface area contributed by atoms with Crippen molar-refractivity contribution in [1.82, 2.24) is 10.6 Å². The van der Waals surface area contributed by atoms with Crippen molar-refractivity contribution < 1.29 is 0 Å². The van der Waals surface area contributed by atoms with Crippen LogP contribution < -0.4 is 10.6 Å². The molecular weight excluding hydrogens is 136 g/mol. The van der Waals surface area contributed by atoms with Gasteiger partial charge in [-0.2, -0.15) is 0 Å². The topological polar surface area (TPSA) is 24.1 Å². The van der Waals surface area contributed by atoms with Gasteiger partial charge in [-0.15, -0.1) is 0 Å². The van der Waals surface area contributed by atoms with Crippen LogP contribution in [0, 0.1) is 11.8 Å². The Hall–Kier alpha value is -0.340. The van der Waals surface area contributed by atoms with Crippen molar-refractivity contribution in [3.8, 4) is 0 Å². The van der Waals surface area contributed by atoms with Gasteiger partial charge in [-0.05, 0) is 32.4 Å². The van der Waals surface area contributed by atoms with Crippen LogP contribution in [0.4, 0.5) is 0 Å². The zero-order valence-corrected chi connectivity index (χ0v) is 7.17. The van der Waals surface area contributed by atoms with E-state index in [2.05, 4.69) is 36.9 Å². The van der Waals surface area contributed by atoms with E-state index in [0.717, 1.165) is 11.8 Å². The number of hydrogen-bond donors (Lipinski definition) is 2. The summed E-state index contributed by atoms with van der Waals surface area (Å²) < 4.78 is 0. The molecule has 0 heterocycles. The lowest BCUT2D eigenvalue weighted by Gasteiger charge is -2.27. The van der Waals surface area contributed by atoms with Gasteiger partial charge in [0.2, 0.25) is 0 Å². The van der Waals surface area contributed by atoms with Crippen molar-refractivity contribution in [1.29, 1.82) is 0 Å². The molecule has 62 valence electrons. The zero-order chi connectivity index (χ0) is 7.84. The molecule has 1 saturated carbocycles. The fraction of sp³-hybridized carbons (Fsp3) is 0.778. The number of hydrogen-bond acceptors (Lipinski definition) is 2. The third kappa shape index (κ3) is 0.932. The quantitative estimate of drug-likeness (QED) is 0.559. The Labute approximate surface area is 68.1 Å². The highest BCUT2D eigenvalue weighted by Gasteiger charge is 2.42. The predicted molar refractivity (Wildman–Crippen MR) is 46.4 cm³/mol. The van der Waals surface area contributed by atoms with Gasteiger partial charge in [0.25, 0.3) is 0 Å². The molecule has 2 aliphatic carbocycles. The Kier molecular flexibility index (Phi) is 1.74. The van der Waals surface area contributed by atoms with E-state index >= 15 is 0 Å². The van der Waals surface area contributed by atoms with Crippen LogP contribution in [-0.4, -0.2) is 26.2 Å². The smallest absolute Gasteiger partial charge is 0.0286 e. The molecule has 2 rings (SSSR count). The van der Waals surface area contributed by atoms with Crippen molar-refractivity contribution in [2.75, 3.05) is 14.1 Å². The highest BCUT2D eigenvalue weighted by molar-refractivity contribution is 5.18. The summed E-state index contributed by atoms with van der Waals surface area (Å²) >= 11 is 0. The van der Waals surface area contributed by atoms with Gasteiger partial charge in [0.15, 0.2) is 0 Å². The summed E-state index contributed by atoms with van der Waals surface area (Å²) in [6, 6.07) is 1.32. The lowest BCUT2D eigenvalue weighted by atomic mass is 9.96. The number of rotatable bonds is 2. The van der Waals surface area contributed by atoms with E-state index in [9.17, 15) is 0 Å². The molecule has 0 aromatic carbocycles. The maximum atomic E-state index is 3.38. The van der Waals surface area contributed by atoms with Crippen molar-refractivity contribution in [2.24, 2.45) is 11.8 Å². The van der Waals surface area contributed by atoms with Crippen molar-refractivity contribution in [3.63, 3.8) is 0 Å². The Balaban J connectivity index is 2.15. The molecule has 0 aliphatic heterocycles. The Morgan fingerprint density at radius 2 is 1.45 bits per heavy atom. The predicted octanol–water partition coefficient (Wildman–Crippen LogP) is 0.368. The van der Waals surface area contributed by atoms with Crippen LogP contribution in [0.15, 0.2) is 12.2 Å². The molecule has 11 heavy (non-hydrogen) atoms. The van der Waals surface area contributed by atoms with E-state index in [1.807, 2.05) is 0 Å². The van der Waals surface area contributed by atoms with Gasteiger partial charge in [-0.3, -0.25) is 0 Å². The molecule has 0 radical (unpaired) electrons. The van der Waals surface area contributed by atoms with E-state index in [-0.39, 0.29) is 0 Å².